The van der Waals surface area contributed by atoms with E-state index in [-0.39, 0.29) is 29.6 Å². The van der Waals surface area contributed by atoms with Gasteiger partial charge in [-0.1, -0.05) is 19.9 Å². The molecule has 3 rings (SSSR count). The van der Waals surface area contributed by atoms with E-state index in [0.717, 1.165) is 37.2 Å². The van der Waals surface area contributed by atoms with Gasteiger partial charge in [-0.2, -0.15) is 0 Å². The molecule has 7 nitrogen and oxygen atoms in total. The molecule has 0 aliphatic carbocycles. The highest BCUT2D eigenvalue weighted by atomic mass is 35.5. The summed E-state index contributed by atoms with van der Waals surface area (Å²) in [5, 5.41) is 10.7. The van der Waals surface area contributed by atoms with E-state index in [2.05, 4.69) is 24.8 Å². The van der Waals surface area contributed by atoms with Crippen LogP contribution in [0.25, 0.3) is 0 Å². The Balaban J connectivity index is 0.00000320. The smallest absolute Gasteiger partial charge is 0.269 e. The van der Waals surface area contributed by atoms with Crippen molar-refractivity contribution in [3.05, 3.63) is 63.7 Å². The fourth-order valence-corrected chi connectivity index (χ4v) is 3.68. The van der Waals surface area contributed by atoms with Gasteiger partial charge < -0.3 is 15.2 Å². The molecule has 0 spiro atoms. The highest BCUT2D eigenvalue weighted by Crippen LogP contribution is 2.32. The van der Waals surface area contributed by atoms with E-state index in [1.165, 1.54) is 12.1 Å². The minimum Gasteiger partial charge on any atom is -0.493 e. The summed E-state index contributed by atoms with van der Waals surface area (Å²) in [6.45, 7) is 7.56. The number of likely N-dealkylation sites (tertiary alicyclic amines) is 1. The van der Waals surface area contributed by atoms with Crippen LogP contribution in [0, 0.1) is 15.5 Å². The van der Waals surface area contributed by atoms with Crippen molar-refractivity contribution in [3.8, 4) is 11.5 Å². The van der Waals surface area contributed by atoms with Crippen molar-refractivity contribution >= 4 is 18.1 Å². The standard InChI is InChI=1S/C22H29N3O4.ClH/c1-22(2)15-24(11-10-21(22)23)13-17-6-9-19(20(12-17)28-3)29-14-16-4-7-18(8-5-16)25(26)27;/h4-9,12,21H,10-11,13-15,23H2,1-3H3;1H. The number of ether oxygens (including phenoxy) is 2. The van der Waals surface area contributed by atoms with Gasteiger partial charge in [-0.3, -0.25) is 15.0 Å². The van der Waals surface area contributed by atoms with Crippen LogP contribution in [0.4, 0.5) is 5.69 Å². The number of hydrogen-bond acceptors (Lipinski definition) is 6. The molecular weight excluding hydrogens is 406 g/mol. The summed E-state index contributed by atoms with van der Waals surface area (Å²) in [6, 6.07) is 12.6. The molecule has 1 aliphatic rings. The van der Waals surface area contributed by atoms with Gasteiger partial charge in [0.1, 0.15) is 6.61 Å². The van der Waals surface area contributed by atoms with E-state index in [9.17, 15) is 10.1 Å². The molecule has 1 fully saturated rings. The molecule has 8 heteroatoms. The minimum atomic E-state index is -0.413. The Morgan fingerprint density at radius 1 is 1.17 bits per heavy atom. The Bertz CT molecular complexity index is 858. The Hall–Kier alpha value is -2.35. The highest BCUT2D eigenvalue weighted by molar-refractivity contribution is 5.85. The predicted octanol–water partition coefficient (Wildman–Crippen LogP) is 4.16. The van der Waals surface area contributed by atoms with Crippen LogP contribution in [0.5, 0.6) is 11.5 Å². The fraction of sp³-hybridized carbons (Fsp3) is 0.455. The first-order valence-electron chi connectivity index (χ1n) is 9.79. The Kier molecular flexibility index (Phi) is 8.06. The first-order chi connectivity index (χ1) is 13.8. The second kappa shape index (κ2) is 10.1. The molecule has 2 aromatic carbocycles. The average molecular weight is 436 g/mol. The lowest BCUT2D eigenvalue weighted by Crippen LogP contribution is -2.52. The largest absolute Gasteiger partial charge is 0.493 e. The maximum atomic E-state index is 10.7. The molecule has 2 N–H and O–H groups in total. The molecule has 2 aromatic rings. The molecule has 0 aromatic heterocycles. The van der Waals surface area contributed by atoms with E-state index in [0.29, 0.717) is 18.1 Å². The third kappa shape index (κ3) is 5.84. The number of nitro groups is 1. The summed E-state index contributed by atoms with van der Waals surface area (Å²) in [4.78, 5) is 12.8. The van der Waals surface area contributed by atoms with E-state index in [4.69, 9.17) is 15.2 Å². The monoisotopic (exact) mass is 435 g/mol. The summed E-state index contributed by atoms with van der Waals surface area (Å²) in [5.41, 5.74) is 8.43. The summed E-state index contributed by atoms with van der Waals surface area (Å²) in [7, 11) is 1.63. The van der Waals surface area contributed by atoms with Crippen LogP contribution in [0.15, 0.2) is 42.5 Å². The maximum absolute atomic E-state index is 10.7. The van der Waals surface area contributed by atoms with Gasteiger partial charge in [0.2, 0.25) is 0 Å². The zero-order chi connectivity index (χ0) is 21.0. The molecule has 164 valence electrons. The SMILES string of the molecule is COc1cc(CN2CCC(N)C(C)(C)C2)ccc1OCc1ccc([N+](=O)[O-])cc1.Cl. The summed E-state index contributed by atoms with van der Waals surface area (Å²) in [6.07, 6.45) is 1.00. The molecule has 1 aliphatic heterocycles. The van der Waals surface area contributed by atoms with Crippen molar-refractivity contribution in [1.29, 1.82) is 0 Å². The quantitative estimate of drug-likeness (QED) is 0.518. The predicted molar refractivity (Wildman–Crippen MR) is 119 cm³/mol. The van der Waals surface area contributed by atoms with Crippen LogP contribution in [-0.2, 0) is 13.2 Å². The first-order valence-corrected chi connectivity index (χ1v) is 9.79. The Labute approximate surface area is 183 Å². The molecular formula is C22H30ClN3O4. The number of piperidine rings is 1. The third-order valence-corrected chi connectivity index (χ3v) is 5.57. The number of halogens is 1. The van der Waals surface area contributed by atoms with Crippen molar-refractivity contribution in [2.24, 2.45) is 11.1 Å². The lowest BCUT2D eigenvalue weighted by Gasteiger charge is -2.42. The number of benzene rings is 2. The van der Waals surface area contributed by atoms with Crippen LogP contribution < -0.4 is 15.2 Å². The van der Waals surface area contributed by atoms with Gasteiger partial charge in [0.15, 0.2) is 11.5 Å². The van der Waals surface area contributed by atoms with E-state index in [1.54, 1.807) is 19.2 Å². The highest BCUT2D eigenvalue weighted by Gasteiger charge is 2.33. The normalized spacial score (nSPS) is 18.3. The summed E-state index contributed by atoms with van der Waals surface area (Å²) >= 11 is 0. The number of methoxy groups -OCH3 is 1. The van der Waals surface area contributed by atoms with Crippen LogP contribution in [-0.4, -0.2) is 36.1 Å². The Morgan fingerprint density at radius 2 is 1.83 bits per heavy atom. The second-order valence-electron chi connectivity index (χ2n) is 8.29. The zero-order valence-electron chi connectivity index (χ0n) is 17.7. The number of nitrogens with zero attached hydrogens (tertiary/aromatic N) is 2. The molecule has 0 radical (unpaired) electrons. The number of non-ortho nitro benzene ring substituents is 1. The van der Waals surface area contributed by atoms with Crippen molar-refractivity contribution in [3.63, 3.8) is 0 Å². The lowest BCUT2D eigenvalue weighted by atomic mass is 9.79. The van der Waals surface area contributed by atoms with Crippen LogP contribution in [0.3, 0.4) is 0 Å². The second-order valence-corrected chi connectivity index (χ2v) is 8.29. The molecule has 0 amide bonds. The molecule has 1 unspecified atom stereocenters. The van der Waals surface area contributed by atoms with Gasteiger partial charge in [0, 0.05) is 37.8 Å². The number of hydrogen-bond donors (Lipinski definition) is 1. The molecule has 30 heavy (non-hydrogen) atoms. The van der Waals surface area contributed by atoms with Crippen LogP contribution in [0.1, 0.15) is 31.4 Å². The number of rotatable bonds is 7. The van der Waals surface area contributed by atoms with E-state index >= 15 is 0 Å². The average Bonchev–Trinajstić information content (AvgIpc) is 2.69. The van der Waals surface area contributed by atoms with Gasteiger partial charge in [-0.25, -0.2) is 0 Å². The lowest BCUT2D eigenvalue weighted by molar-refractivity contribution is -0.384. The van der Waals surface area contributed by atoms with Gasteiger partial charge in [0.25, 0.3) is 5.69 Å². The topological polar surface area (TPSA) is 90.9 Å². The summed E-state index contributed by atoms with van der Waals surface area (Å²) in [5.74, 6) is 1.33. The van der Waals surface area contributed by atoms with Gasteiger partial charge in [-0.05, 0) is 47.2 Å². The van der Waals surface area contributed by atoms with E-state index in [1.807, 2.05) is 12.1 Å². The van der Waals surface area contributed by atoms with Gasteiger partial charge >= 0.3 is 0 Å². The fourth-order valence-electron chi connectivity index (χ4n) is 3.68. The Morgan fingerprint density at radius 3 is 2.43 bits per heavy atom. The first kappa shape index (κ1) is 23.9. The van der Waals surface area contributed by atoms with Crippen LogP contribution >= 0.6 is 12.4 Å². The van der Waals surface area contributed by atoms with Gasteiger partial charge in [0.05, 0.1) is 12.0 Å². The van der Waals surface area contributed by atoms with E-state index < -0.39 is 4.92 Å². The van der Waals surface area contributed by atoms with Crippen molar-refractivity contribution in [2.45, 2.75) is 39.5 Å². The molecule has 0 bridgehead atoms. The van der Waals surface area contributed by atoms with Crippen LogP contribution in [0.2, 0.25) is 0 Å². The number of nitro benzene ring substituents is 1. The molecule has 1 atom stereocenters. The minimum absolute atomic E-state index is 0. The maximum Gasteiger partial charge on any atom is 0.269 e. The summed E-state index contributed by atoms with van der Waals surface area (Å²) < 4.78 is 11.4. The van der Waals surface area contributed by atoms with Crippen molar-refractivity contribution < 1.29 is 14.4 Å². The number of nitrogens with two attached hydrogens (primary N) is 1. The molecule has 1 saturated heterocycles. The van der Waals surface area contributed by atoms with Crippen molar-refractivity contribution in [1.82, 2.24) is 4.90 Å². The van der Waals surface area contributed by atoms with Gasteiger partial charge in [-0.15, -0.1) is 12.4 Å². The van der Waals surface area contributed by atoms with Crippen molar-refractivity contribution in [2.75, 3.05) is 20.2 Å². The third-order valence-electron chi connectivity index (χ3n) is 5.57. The molecule has 1 heterocycles. The molecule has 0 saturated carbocycles. The zero-order valence-corrected chi connectivity index (χ0v) is 18.5.